The molecule has 2 rings (SSSR count). The highest BCUT2D eigenvalue weighted by Crippen LogP contribution is 2.29. The second kappa shape index (κ2) is 3.58. The van der Waals surface area contributed by atoms with Gasteiger partial charge in [0, 0.05) is 25.3 Å². The summed E-state index contributed by atoms with van der Waals surface area (Å²) in [4.78, 5) is 6.81. The Labute approximate surface area is 84.9 Å². The highest BCUT2D eigenvalue weighted by atomic mass is 15.2. The summed E-state index contributed by atoms with van der Waals surface area (Å²) in [5.41, 5.74) is 7.79. The number of pyridine rings is 1. The van der Waals surface area contributed by atoms with E-state index in [1.54, 1.807) is 0 Å². The van der Waals surface area contributed by atoms with Gasteiger partial charge in [0.15, 0.2) is 0 Å². The Bertz CT molecular complexity index is 331. The monoisotopic (exact) mass is 191 g/mol. The summed E-state index contributed by atoms with van der Waals surface area (Å²) in [6.07, 6.45) is 2.60. The molecule has 1 aromatic rings. The van der Waals surface area contributed by atoms with Crippen LogP contribution < -0.4 is 10.6 Å². The molecule has 0 bridgehead atoms. The predicted octanol–water partition coefficient (Wildman–Crippen LogP) is 1.45. The Kier molecular flexibility index (Phi) is 2.42. The van der Waals surface area contributed by atoms with Crippen LogP contribution in [0.15, 0.2) is 12.1 Å². The van der Waals surface area contributed by atoms with Crippen molar-refractivity contribution in [2.24, 2.45) is 5.73 Å². The van der Waals surface area contributed by atoms with Crippen LogP contribution in [0, 0.1) is 6.92 Å². The average molecular weight is 191 g/mol. The second-order valence-electron chi connectivity index (χ2n) is 3.96. The Morgan fingerprint density at radius 2 is 2.21 bits per heavy atom. The molecule has 2 N–H and O–H groups in total. The third-order valence-corrected chi connectivity index (χ3v) is 2.86. The fourth-order valence-electron chi connectivity index (χ4n) is 1.64. The van der Waals surface area contributed by atoms with Gasteiger partial charge in [-0.15, -0.1) is 0 Å². The van der Waals surface area contributed by atoms with Crippen molar-refractivity contribution in [3.8, 4) is 0 Å². The van der Waals surface area contributed by atoms with Gasteiger partial charge >= 0.3 is 0 Å². The lowest BCUT2D eigenvalue weighted by molar-refractivity contribution is 0.878. The number of hydrogen-bond donors (Lipinski definition) is 1. The molecule has 3 nitrogen and oxygen atoms in total. The summed E-state index contributed by atoms with van der Waals surface area (Å²) in [6.45, 7) is 2.60. The lowest BCUT2D eigenvalue weighted by atomic mass is 10.2. The van der Waals surface area contributed by atoms with Crippen LogP contribution in [0.5, 0.6) is 0 Å². The SMILES string of the molecule is Cc1nc(N(C)C2CC2)ccc1CN. The summed E-state index contributed by atoms with van der Waals surface area (Å²) in [7, 11) is 2.11. The van der Waals surface area contributed by atoms with E-state index in [1.807, 2.05) is 6.92 Å². The first kappa shape index (κ1) is 9.46. The van der Waals surface area contributed by atoms with Crippen molar-refractivity contribution in [1.82, 2.24) is 4.98 Å². The van der Waals surface area contributed by atoms with Crippen molar-refractivity contribution in [2.75, 3.05) is 11.9 Å². The molecule has 0 saturated heterocycles. The molecule has 1 aliphatic carbocycles. The van der Waals surface area contributed by atoms with Gasteiger partial charge < -0.3 is 10.6 Å². The van der Waals surface area contributed by atoms with Crippen molar-refractivity contribution in [3.63, 3.8) is 0 Å². The van der Waals surface area contributed by atoms with Gasteiger partial charge in [0.2, 0.25) is 0 Å². The molecule has 0 atom stereocenters. The Hall–Kier alpha value is -1.09. The molecule has 0 unspecified atom stereocenters. The highest BCUT2D eigenvalue weighted by molar-refractivity contribution is 5.43. The fraction of sp³-hybridized carbons (Fsp3) is 0.545. The van der Waals surface area contributed by atoms with Gasteiger partial charge in [0.25, 0.3) is 0 Å². The van der Waals surface area contributed by atoms with Crippen LogP contribution in [-0.2, 0) is 6.54 Å². The molecule has 1 aromatic heterocycles. The molecule has 0 aliphatic heterocycles. The normalized spacial score (nSPS) is 15.6. The molecule has 1 fully saturated rings. The molecule has 0 radical (unpaired) electrons. The summed E-state index contributed by atoms with van der Waals surface area (Å²) >= 11 is 0. The lowest BCUT2D eigenvalue weighted by Crippen LogP contribution is -2.21. The van der Waals surface area contributed by atoms with Crippen LogP contribution in [-0.4, -0.2) is 18.1 Å². The van der Waals surface area contributed by atoms with E-state index in [4.69, 9.17) is 5.73 Å². The van der Waals surface area contributed by atoms with E-state index in [1.165, 1.54) is 12.8 Å². The number of nitrogens with two attached hydrogens (primary N) is 1. The maximum Gasteiger partial charge on any atom is 0.128 e. The smallest absolute Gasteiger partial charge is 0.128 e. The zero-order chi connectivity index (χ0) is 10.1. The van der Waals surface area contributed by atoms with E-state index < -0.39 is 0 Å². The molecule has 1 saturated carbocycles. The maximum absolute atomic E-state index is 5.60. The van der Waals surface area contributed by atoms with Gasteiger partial charge in [-0.25, -0.2) is 4.98 Å². The number of hydrogen-bond acceptors (Lipinski definition) is 3. The minimum atomic E-state index is 0.576. The molecule has 1 aliphatic rings. The molecule has 76 valence electrons. The van der Waals surface area contributed by atoms with Crippen LogP contribution in [0.25, 0.3) is 0 Å². The fourth-order valence-corrected chi connectivity index (χ4v) is 1.64. The number of rotatable bonds is 3. The number of anilines is 1. The number of aromatic nitrogens is 1. The van der Waals surface area contributed by atoms with Gasteiger partial charge in [-0.3, -0.25) is 0 Å². The Morgan fingerprint density at radius 1 is 1.50 bits per heavy atom. The zero-order valence-electron chi connectivity index (χ0n) is 8.83. The molecular weight excluding hydrogens is 174 g/mol. The minimum Gasteiger partial charge on any atom is -0.357 e. The Balaban J connectivity index is 2.22. The second-order valence-corrected chi connectivity index (χ2v) is 3.96. The van der Waals surface area contributed by atoms with Crippen molar-refractivity contribution in [1.29, 1.82) is 0 Å². The quantitative estimate of drug-likeness (QED) is 0.786. The first-order valence-electron chi connectivity index (χ1n) is 5.12. The average Bonchev–Trinajstić information content (AvgIpc) is 3.00. The van der Waals surface area contributed by atoms with E-state index in [-0.39, 0.29) is 0 Å². The molecule has 0 spiro atoms. The molecule has 0 amide bonds. The lowest BCUT2D eigenvalue weighted by Gasteiger charge is -2.18. The molecular formula is C11H17N3. The maximum atomic E-state index is 5.60. The highest BCUT2D eigenvalue weighted by Gasteiger charge is 2.27. The largest absolute Gasteiger partial charge is 0.357 e. The molecule has 1 heterocycles. The Morgan fingerprint density at radius 3 is 2.71 bits per heavy atom. The topological polar surface area (TPSA) is 42.2 Å². The summed E-state index contributed by atoms with van der Waals surface area (Å²) < 4.78 is 0. The standard InChI is InChI=1S/C11H17N3/c1-8-9(7-12)3-6-11(13-8)14(2)10-4-5-10/h3,6,10H,4-5,7,12H2,1-2H3. The van der Waals surface area contributed by atoms with E-state index >= 15 is 0 Å². The third-order valence-electron chi connectivity index (χ3n) is 2.86. The van der Waals surface area contributed by atoms with E-state index in [2.05, 4.69) is 29.1 Å². The van der Waals surface area contributed by atoms with Crippen LogP contribution >= 0.6 is 0 Å². The molecule has 14 heavy (non-hydrogen) atoms. The van der Waals surface area contributed by atoms with Crippen molar-refractivity contribution in [3.05, 3.63) is 23.4 Å². The van der Waals surface area contributed by atoms with Crippen molar-refractivity contribution >= 4 is 5.82 Å². The van der Waals surface area contributed by atoms with E-state index in [0.717, 1.165) is 17.1 Å². The summed E-state index contributed by atoms with van der Waals surface area (Å²) in [6, 6.07) is 4.86. The van der Waals surface area contributed by atoms with E-state index in [0.29, 0.717) is 12.6 Å². The zero-order valence-corrected chi connectivity index (χ0v) is 8.83. The summed E-state index contributed by atoms with van der Waals surface area (Å²) in [5, 5.41) is 0. The van der Waals surface area contributed by atoms with Crippen molar-refractivity contribution < 1.29 is 0 Å². The summed E-state index contributed by atoms with van der Waals surface area (Å²) in [5.74, 6) is 1.07. The van der Waals surface area contributed by atoms with Crippen LogP contribution in [0.4, 0.5) is 5.82 Å². The first-order chi connectivity index (χ1) is 6.72. The first-order valence-corrected chi connectivity index (χ1v) is 5.12. The molecule has 0 aromatic carbocycles. The molecule has 3 heteroatoms. The predicted molar refractivity (Wildman–Crippen MR) is 58.3 cm³/mol. The third kappa shape index (κ3) is 1.73. The van der Waals surface area contributed by atoms with Gasteiger partial charge in [-0.2, -0.15) is 0 Å². The minimum absolute atomic E-state index is 0.576. The van der Waals surface area contributed by atoms with E-state index in [9.17, 15) is 0 Å². The number of aryl methyl sites for hydroxylation is 1. The number of nitrogens with zero attached hydrogens (tertiary/aromatic N) is 2. The van der Waals surface area contributed by atoms with Gasteiger partial charge in [-0.05, 0) is 31.4 Å². The van der Waals surface area contributed by atoms with Gasteiger partial charge in [0.05, 0.1) is 0 Å². The van der Waals surface area contributed by atoms with Gasteiger partial charge in [0.1, 0.15) is 5.82 Å². The van der Waals surface area contributed by atoms with Gasteiger partial charge in [-0.1, -0.05) is 6.07 Å². The van der Waals surface area contributed by atoms with Crippen LogP contribution in [0.3, 0.4) is 0 Å². The van der Waals surface area contributed by atoms with Crippen LogP contribution in [0.2, 0.25) is 0 Å². The van der Waals surface area contributed by atoms with Crippen LogP contribution in [0.1, 0.15) is 24.1 Å². The van der Waals surface area contributed by atoms with Crippen molar-refractivity contribution in [2.45, 2.75) is 32.4 Å².